The first kappa shape index (κ1) is 13.0. The summed E-state index contributed by atoms with van der Waals surface area (Å²) in [7, 11) is 0. The van der Waals surface area contributed by atoms with Crippen molar-refractivity contribution in [1.82, 2.24) is 9.88 Å². The van der Waals surface area contributed by atoms with Crippen molar-refractivity contribution in [3.63, 3.8) is 0 Å². The quantitative estimate of drug-likeness (QED) is 0.899. The molecule has 1 aliphatic rings. The number of thiazole rings is 1. The number of nitrogens with zero attached hydrogens (tertiary/aromatic N) is 2. The Hall–Kier alpha value is -0.450. The van der Waals surface area contributed by atoms with Gasteiger partial charge in [0.2, 0.25) is 0 Å². The molecule has 2 heterocycles. The first-order valence-electron chi connectivity index (χ1n) is 6.49. The molecule has 0 saturated carbocycles. The lowest BCUT2D eigenvalue weighted by Gasteiger charge is -2.38. The van der Waals surface area contributed by atoms with Crippen molar-refractivity contribution < 1.29 is 0 Å². The number of nitrogens with two attached hydrogens (primary N) is 1. The number of aromatic nitrogens is 1. The van der Waals surface area contributed by atoms with E-state index in [0.29, 0.717) is 6.04 Å². The summed E-state index contributed by atoms with van der Waals surface area (Å²) in [6.07, 6.45) is 2.61. The van der Waals surface area contributed by atoms with Crippen LogP contribution in [-0.2, 0) is 6.54 Å². The van der Waals surface area contributed by atoms with Gasteiger partial charge in [0.15, 0.2) is 0 Å². The SMILES string of the molecule is Cc1nc(CN2CCCC(C)C2CN)sc1C. The van der Waals surface area contributed by atoms with Crippen molar-refractivity contribution >= 4 is 11.3 Å². The Morgan fingerprint density at radius 2 is 2.24 bits per heavy atom. The molecule has 2 unspecified atom stereocenters. The number of aryl methyl sites for hydroxylation is 2. The van der Waals surface area contributed by atoms with Crippen LogP contribution < -0.4 is 5.73 Å². The predicted molar refractivity (Wildman–Crippen MR) is 73.2 cm³/mol. The van der Waals surface area contributed by atoms with Crippen LogP contribution in [0.4, 0.5) is 0 Å². The van der Waals surface area contributed by atoms with E-state index in [1.54, 1.807) is 0 Å². The van der Waals surface area contributed by atoms with Gasteiger partial charge in [-0.3, -0.25) is 4.90 Å². The maximum Gasteiger partial charge on any atom is 0.107 e. The molecule has 0 aliphatic carbocycles. The van der Waals surface area contributed by atoms with E-state index in [4.69, 9.17) is 5.73 Å². The molecule has 96 valence electrons. The van der Waals surface area contributed by atoms with Gasteiger partial charge in [0.1, 0.15) is 5.01 Å². The molecule has 1 aliphatic heterocycles. The summed E-state index contributed by atoms with van der Waals surface area (Å²) in [4.78, 5) is 8.50. The molecule has 2 N–H and O–H groups in total. The van der Waals surface area contributed by atoms with E-state index in [0.717, 1.165) is 19.0 Å². The van der Waals surface area contributed by atoms with E-state index in [9.17, 15) is 0 Å². The molecule has 0 spiro atoms. The van der Waals surface area contributed by atoms with Gasteiger partial charge in [0, 0.05) is 17.5 Å². The zero-order chi connectivity index (χ0) is 12.4. The van der Waals surface area contributed by atoms with E-state index < -0.39 is 0 Å². The Labute approximate surface area is 108 Å². The molecule has 1 fully saturated rings. The first-order chi connectivity index (χ1) is 8.11. The third-order valence-corrected chi connectivity index (χ3v) is 4.94. The fourth-order valence-corrected chi connectivity index (χ4v) is 3.65. The molecule has 2 atom stereocenters. The lowest BCUT2D eigenvalue weighted by molar-refractivity contribution is 0.0989. The first-order valence-corrected chi connectivity index (χ1v) is 7.30. The highest BCUT2D eigenvalue weighted by atomic mass is 32.1. The summed E-state index contributed by atoms with van der Waals surface area (Å²) in [6, 6.07) is 0.535. The molecule has 0 amide bonds. The summed E-state index contributed by atoms with van der Waals surface area (Å²) in [5.41, 5.74) is 7.09. The van der Waals surface area contributed by atoms with Gasteiger partial charge >= 0.3 is 0 Å². The molecule has 3 nitrogen and oxygen atoms in total. The van der Waals surface area contributed by atoms with E-state index in [2.05, 4.69) is 30.7 Å². The van der Waals surface area contributed by atoms with E-state index in [-0.39, 0.29) is 0 Å². The normalized spacial score (nSPS) is 26.4. The minimum Gasteiger partial charge on any atom is -0.329 e. The van der Waals surface area contributed by atoms with Crippen LogP contribution in [0.5, 0.6) is 0 Å². The van der Waals surface area contributed by atoms with Gasteiger partial charge in [0.05, 0.1) is 12.2 Å². The Balaban J connectivity index is 2.06. The van der Waals surface area contributed by atoms with Gasteiger partial charge in [-0.15, -0.1) is 11.3 Å². The number of hydrogen-bond acceptors (Lipinski definition) is 4. The van der Waals surface area contributed by atoms with E-state index in [1.807, 2.05) is 11.3 Å². The third kappa shape index (κ3) is 2.87. The van der Waals surface area contributed by atoms with Crippen LogP contribution in [-0.4, -0.2) is 29.0 Å². The zero-order valence-electron chi connectivity index (χ0n) is 11.1. The van der Waals surface area contributed by atoms with Crippen molar-refractivity contribution in [1.29, 1.82) is 0 Å². The second-order valence-electron chi connectivity index (χ2n) is 5.14. The molecule has 0 bridgehead atoms. The van der Waals surface area contributed by atoms with Crippen LogP contribution in [0, 0.1) is 19.8 Å². The van der Waals surface area contributed by atoms with Crippen molar-refractivity contribution in [2.75, 3.05) is 13.1 Å². The van der Waals surface area contributed by atoms with Gasteiger partial charge in [-0.1, -0.05) is 6.92 Å². The summed E-state index contributed by atoms with van der Waals surface area (Å²) in [5, 5.41) is 1.24. The Kier molecular flexibility index (Phi) is 4.17. The fraction of sp³-hybridized carbons (Fsp3) is 0.769. The lowest BCUT2D eigenvalue weighted by Crippen LogP contribution is -2.47. The maximum atomic E-state index is 5.91. The second-order valence-corrected chi connectivity index (χ2v) is 6.43. The highest BCUT2D eigenvalue weighted by molar-refractivity contribution is 7.11. The highest BCUT2D eigenvalue weighted by Gasteiger charge is 2.27. The van der Waals surface area contributed by atoms with Gasteiger partial charge < -0.3 is 5.73 Å². The molecule has 17 heavy (non-hydrogen) atoms. The van der Waals surface area contributed by atoms with Crippen LogP contribution in [0.3, 0.4) is 0 Å². The van der Waals surface area contributed by atoms with Crippen LogP contribution in [0.1, 0.15) is 35.3 Å². The van der Waals surface area contributed by atoms with Crippen LogP contribution >= 0.6 is 11.3 Å². The van der Waals surface area contributed by atoms with Crippen molar-refractivity contribution in [2.45, 2.75) is 46.2 Å². The largest absolute Gasteiger partial charge is 0.329 e. The van der Waals surface area contributed by atoms with Crippen LogP contribution in [0.15, 0.2) is 0 Å². The molecular formula is C13H23N3S. The van der Waals surface area contributed by atoms with Crippen molar-refractivity contribution in [3.05, 3.63) is 15.6 Å². The molecule has 1 aromatic rings. The van der Waals surface area contributed by atoms with Gasteiger partial charge in [-0.25, -0.2) is 4.98 Å². The minimum absolute atomic E-state index is 0.535. The summed E-state index contributed by atoms with van der Waals surface area (Å²) in [6.45, 7) is 9.48. The monoisotopic (exact) mass is 253 g/mol. The number of likely N-dealkylation sites (tertiary alicyclic amines) is 1. The average Bonchev–Trinajstić information content (AvgIpc) is 2.58. The molecule has 0 aromatic carbocycles. The van der Waals surface area contributed by atoms with Gasteiger partial charge in [-0.05, 0) is 39.2 Å². The van der Waals surface area contributed by atoms with E-state index >= 15 is 0 Å². The topological polar surface area (TPSA) is 42.2 Å². The second kappa shape index (κ2) is 5.46. The van der Waals surface area contributed by atoms with E-state index in [1.165, 1.54) is 35.0 Å². The zero-order valence-corrected chi connectivity index (χ0v) is 11.9. The number of rotatable bonds is 3. The van der Waals surface area contributed by atoms with Crippen LogP contribution in [0.2, 0.25) is 0 Å². The van der Waals surface area contributed by atoms with Crippen molar-refractivity contribution in [3.8, 4) is 0 Å². The highest BCUT2D eigenvalue weighted by Crippen LogP contribution is 2.26. The minimum atomic E-state index is 0.535. The number of hydrogen-bond donors (Lipinski definition) is 1. The summed E-state index contributed by atoms with van der Waals surface area (Å²) < 4.78 is 0. The Bertz CT molecular complexity index is 355. The van der Waals surface area contributed by atoms with Gasteiger partial charge in [0.25, 0.3) is 0 Å². The third-order valence-electron chi connectivity index (χ3n) is 3.88. The Morgan fingerprint density at radius 3 is 2.82 bits per heavy atom. The van der Waals surface area contributed by atoms with Gasteiger partial charge in [-0.2, -0.15) is 0 Å². The maximum absolute atomic E-state index is 5.91. The van der Waals surface area contributed by atoms with Crippen LogP contribution in [0.25, 0.3) is 0 Å². The van der Waals surface area contributed by atoms with Crippen molar-refractivity contribution in [2.24, 2.45) is 11.7 Å². The molecule has 2 rings (SSSR count). The fourth-order valence-electron chi connectivity index (χ4n) is 2.69. The average molecular weight is 253 g/mol. The Morgan fingerprint density at radius 1 is 1.47 bits per heavy atom. The molecule has 0 radical (unpaired) electrons. The molecular weight excluding hydrogens is 230 g/mol. The lowest BCUT2D eigenvalue weighted by atomic mass is 9.91. The summed E-state index contributed by atoms with van der Waals surface area (Å²) in [5.74, 6) is 0.718. The molecule has 1 saturated heterocycles. The standard InChI is InChI=1S/C13H23N3S/c1-9-5-4-6-16(12(9)7-14)8-13-15-10(2)11(3)17-13/h9,12H,4-8,14H2,1-3H3. The summed E-state index contributed by atoms with van der Waals surface area (Å²) >= 11 is 1.83. The molecule has 4 heteroatoms. The smallest absolute Gasteiger partial charge is 0.107 e. The number of piperidine rings is 1. The predicted octanol–water partition coefficient (Wildman–Crippen LogP) is 2.32. The molecule has 1 aromatic heterocycles.